The van der Waals surface area contributed by atoms with Crippen LogP contribution in [-0.4, -0.2) is 16.1 Å². The summed E-state index contributed by atoms with van der Waals surface area (Å²) in [6.45, 7) is 1.11. The molecule has 2 aliphatic rings. The third-order valence-electron chi connectivity index (χ3n) is 3.88. The summed E-state index contributed by atoms with van der Waals surface area (Å²) < 4.78 is 2.36. The van der Waals surface area contributed by atoms with Crippen molar-refractivity contribution in [1.82, 2.24) is 9.55 Å². The molecule has 3 rings (SSSR count). The molecule has 2 aliphatic carbocycles. The molecular weight excluding hydrogens is 198 g/mol. The second kappa shape index (κ2) is 4.48. The minimum Gasteiger partial charge on any atom is -0.355 e. The van der Waals surface area contributed by atoms with Crippen molar-refractivity contribution < 1.29 is 0 Å². The summed E-state index contributed by atoms with van der Waals surface area (Å²) in [5.74, 6) is 2.01. The van der Waals surface area contributed by atoms with E-state index in [1.165, 1.54) is 44.9 Å². The maximum absolute atomic E-state index is 4.44. The van der Waals surface area contributed by atoms with Crippen LogP contribution in [0.25, 0.3) is 0 Å². The van der Waals surface area contributed by atoms with Crippen LogP contribution in [0.4, 0.5) is 5.95 Å². The highest BCUT2D eigenvalue weighted by molar-refractivity contribution is 5.27. The van der Waals surface area contributed by atoms with Gasteiger partial charge in [-0.1, -0.05) is 19.3 Å². The van der Waals surface area contributed by atoms with E-state index < -0.39 is 0 Å². The Morgan fingerprint density at radius 3 is 2.75 bits per heavy atom. The van der Waals surface area contributed by atoms with Gasteiger partial charge >= 0.3 is 0 Å². The summed E-state index contributed by atoms with van der Waals surface area (Å²) >= 11 is 0. The van der Waals surface area contributed by atoms with Gasteiger partial charge in [-0.25, -0.2) is 4.98 Å². The molecule has 0 aliphatic heterocycles. The minimum atomic E-state index is 0.693. The predicted octanol–water partition coefficient (Wildman–Crippen LogP) is 3.21. The molecule has 1 N–H and O–H groups in total. The third kappa shape index (κ3) is 2.23. The first kappa shape index (κ1) is 10.2. The Morgan fingerprint density at radius 1 is 1.19 bits per heavy atom. The van der Waals surface area contributed by atoms with E-state index in [0.717, 1.165) is 18.4 Å². The van der Waals surface area contributed by atoms with E-state index in [9.17, 15) is 0 Å². The summed E-state index contributed by atoms with van der Waals surface area (Å²) in [5, 5.41) is 3.50. The second-order valence-corrected chi connectivity index (χ2v) is 5.27. The van der Waals surface area contributed by atoms with Crippen LogP contribution in [0.1, 0.15) is 51.0 Å². The van der Waals surface area contributed by atoms with Crippen LogP contribution in [0.5, 0.6) is 0 Å². The fourth-order valence-electron chi connectivity index (χ4n) is 2.66. The van der Waals surface area contributed by atoms with E-state index in [1.54, 1.807) is 0 Å². The van der Waals surface area contributed by atoms with Gasteiger partial charge < -0.3 is 9.88 Å². The maximum Gasteiger partial charge on any atom is 0.203 e. The molecule has 0 amide bonds. The van der Waals surface area contributed by atoms with Crippen molar-refractivity contribution >= 4 is 5.95 Å². The average molecular weight is 219 g/mol. The molecule has 88 valence electrons. The fourth-order valence-corrected chi connectivity index (χ4v) is 2.66. The van der Waals surface area contributed by atoms with E-state index in [-0.39, 0.29) is 0 Å². The van der Waals surface area contributed by atoms with Gasteiger partial charge in [-0.2, -0.15) is 0 Å². The van der Waals surface area contributed by atoms with Gasteiger partial charge in [0.1, 0.15) is 0 Å². The molecule has 0 aromatic carbocycles. The van der Waals surface area contributed by atoms with Crippen LogP contribution in [0, 0.1) is 5.92 Å². The Morgan fingerprint density at radius 2 is 2.00 bits per heavy atom. The van der Waals surface area contributed by atoms with Crippen molar-refractivity contribution in [2.24, 2.45) is 5.92 Å². The predicted molar refractivity (Wildman–Crippen MR) is 65.6 cm³/mol. The average Bonchev–Trinajstić information content (AvgIpc) is 3.05. The summed E-state index contributed by atoms with van der Waals surface area (Å²) in [6.07, 6.45) is 13.7. The maximum atomic E-state index is 4.44. The standard InChI is InChI=1S/C13H21N3/c1-2-4-12(5-3-1)16-9-8-14-13(16)15-10-11-6-7-11/h8-9,11-12H,1-7,10H2,(H,14,15). The van der Waals surface area contributed by atoms with Crippen LogP contribution in [0.3, 0.4) is 0 Å². The van der Waals surface area contributed by atoms with Crippen molar-refractivity contribution in [1.29, 1.82) is 0 Å². The van der Waals surface area contributed by atoms with Crippen LogP contribution in [0.2, 0.25) is 0 Å². The van der Waals surface area contributed by atoms with Gasteiger partial charge in [0.05, 0.1) is 0 Å². The highest BCUT2D eigenvalue weighted by atomic mass is 15.2. The van der Waals surface area contributed by atoms with Gasteiger partial charge in [0, 0.05) is 25.0 Å². The zero-order chi connectivity index (χ0) is 10.8. The molecule has 1 heterocycles. The zero-order valence-corrected chi connectivity index (χ0v) is 9.86. The first-order valence-electron chi connectivity index (χ1n) is 6.70. The van der Waals surface area contributed by atoms with Gasteiger partial charge in [-0.3, -0.25) is 0 Å². The molecule has 0 atom stereocenters. The molecule has 16 heavy (non-hydrogen) atoms. The van der Waals surface area contributed by atoms with E-state index >= 15 is 0 Å². The summed E-state index contributed by atoms with van der Waals surface area (Å²) in [5.41, 5.74) is 0. The minimum absolute atomic E-state index is 0.693. The topological polar surface area (TPSA) is 29.9 Å². The monoisotopic (exact) mass is 219 g/mol. The van der Waals surface area contributed by atoms with Crippen molar-refractivity contribution in [3.05, 3.63) is 12.4 Å². The lowest BCUT2D eigenvalue weighted by Gasteiger charge is -2.24. The number of imidazole rings is 1. The van der Waals surface area contributed by atoms with Crippen LogP contribution in [0.15, 0.2) is 12.4 Å². The van der Waals surface area contributed by atoms with E-state index in [0.29, 0.717) is 6.04 Å². The van der Waals surface area contributed by atoms with Crippen LogP contribution >= 0.6 is 0 Å². The molecule has 0 saturated heterocycles. The molecule has 2 fully saturated rings. The fraction of sp³-hybridized carbons (Fsp3) is 0.769. The summed E-state index contributed by atoms with van der Waals surface area (Å²) in [7, 11) is 0. The molecule has 0 spiro atoms. The molecule has 0 radical (unpaired) electrons. The van der Waals surface area contributed by atoms with E-state index in [1.807, 2.05) is 6.20 Å². The van der Waals surface area contributed by atoms with Gasteiger partial charge in [-0.05, 0) is 31.6 Å². The number of nitrogens with zero attached hydrogens (tertiary/aromatic N) is 2. The Balaban J connectivity index is 1.65. The van der Waals surface area contributed by atoms with Gasteiger partial charge in [0.25, 0.3) is 0 Å². The van der Waals surface area contributed by atoms with Crippen molar-refractivity contribution in [3.8, 4) is 0 Å². The van der Waals surface area contributed by atoms with E-state index in [2.05, 4.69) is 21.1 Å². The lowest BCUT2D eigenvalue weighted by Crippen LogP contribution is -2.16. The molecule has 2 saturated carbocycles. The number of rotatable bonds is 4. The lowest BCUT2D eigenvalue weighted by molar-refractivity contribution is 0.356. The van der Waals surface area contributed by atoms with Gasteiger partial charge in [-0.15, -0.1) is 0 Å². The van der Waals surface area contributed by atoms with Crippen molar-refractivity contribution in [2.45, 2.75) is 51.0 Å². The second-order valence-electron chi connectivity index (χ2n) is 5.27. The molecule has 0 unspecified atom stereocenters. The molecule has 1 aromatic rings. The smallest absolute Gasteiger partial charge is 0.203 e. The van der Waals surface area contributed by atoms with E-state index in [4.69, 9.17) is 0 Å². The van der Waals surface area contributed by atoms with Crippen LogP contribution in [-0.2, 0) is 0 Å². The number of nitrogens with one attached hydrogen (secondary N) is 1. The van der Waals surface area contributed by atoms with Crippen molar-refractivity contribution in [3.63, 3.8) is 0 Å². The Hall–Kier alpha value is -0.990. The van der Waals surface area contributed by atoms with Gasteiger partial charge in [0.15, 0.2) is 0 Å². The highest BCUT2D eigenvalue weighted by Crippen LogP contribution is 2.32. The SMILES string of the molecule is c1cn(C2CCCCC2)c(NCC2CC2)n1. The Kier molecular flexibility index (Phi) is 2.85. The highest BCUT2D eigenvalue weighted by Gasteiger charge is 2.22. The first-order valence-corrected chi connectivity index (χ1v) is 6.70. The number of hydrogen-bond donors (Lipinski definition) is 1. The number of anilines is 1. The molecule has 3 heteroatoms. The molecule has 3 nitrogen and oxygen atoms in total. The molecule has 0 bridgehead atoms. The molecule has 1 aromatic heterocycles. The lowest BCUT2D eigenvalue weighted by atomic mass is 9.95. The van der Waals surface area contributed by atoms with Crippen molar-refractivity contribution in [2.75, 3.05) is 11.9 Å². The number of hydrogen-bond acceptors (Lipinski definition) is 2. The third-order valence-corrected chi connectivity index (χ3v) is 3.88. The zero-order valence-electron chi connectivity index (χ0n) is 9.86. The largest absolute Gasteiger partial charge is 0.355 e. The van der Waals surface area contributed by atoms with Crippen LogP contribution < -0.4 is 5.32 Å². The first-order chi connectivity index (χ1) is 7.93. The Bertz CT molecular complexity index is 335. The quantitative estimate of drug-likeness (QED) is 0.842. The van der Waals surface area contributed by atoms with Gasteiger partial charge in [0.2, 0.25) is 5.95 Å². The summed E-state index contributed by atoms with van der Waals surface area (Å²) in [6, 6.07) is 0.693. The molecular formula is C13H21N3. The summed E-state index contributed by atoms with van der Waals surface area (Å²) in [4.78, 5) is 4.44. The Labute approximate surface area is 97.3 Å². The number of aromatic nitrogens is 2. The normalized spacial score (nSPS) is 22.2.